The van der Waals surface area contributed by atoms with Gasteiger partial charge in [-0.3, -0.25) is 0 Å². The van der Waals surface area contributed by atoms with Crippen molar-refractivity contribution in [1.29, 1.82) is 0 Å². The van der Waals surface area contributed by atoms with Crippen LogP contribution in [0, 0.1) is 6.92 Å². The Kier molecular flexibility index (Phi) is 4.37. The quantitative estimate of drug-likeness (QED) is 0.347. The second kappa shape index (κ2) is 7.18. The van der Waals surface area contributed by atoms with Crippen LogP contribution in [-0.2, 0) is 5.75 Å². The zero-order chi connectivity index (χ0) is 19.8. The molecule has 0 amide bonds. The second-order valence-corrected chi connectivity index (χ2v) is 7.63. The highest BCUT2D eigenvalue weighted by atomic mass is 32.2. The normalized spacial score (nSPS) is 11.3. The first-order valence-electron chi connectivity index (χ1n) is 9.09. The average Bonchev–Trinajstić information content (AvgIpc) is 3.22. The van der Waals surface area contributed by atoms with E-state index in [1.807, 2.05) is 30.3 Å². The van der Waals surface area contributed by atoms with E-state index in [-0.39, 0.29) is 5.63 Å². The van der Waals surface area contributed by atoms with Crippen LogP contribution in [0.2, 0.25) is 0 Å². The summed E-state index contributed by atoms with van der Waals surface area (Å²) in [4.78, 5) is 28.4. The fraction of sp³-hybridized carbons (Fsp3) is 0.0909. The standard InChI is InChI=1S/C22H16N4O2S/c1-13-5-4-6-14(9-13)18-15-7-2-3-8-16(15)22(27)28-17(18)10-29-21-19-20(24-11-23-19)25-12-26-21/h2-9,11-12H,10H2,1H3,(H,23,24,25,26). The molecule has 0 aliphatic heterocycles. The van der Waals surface area contributed by atoms with Gasteiger partial charge in [0.2, 0.25) is 0 Å². The lowest BCUT2D eigenvalue weighted by Crippen LogP contribution is -2.04. The number of fused-ring (bicyclic) bond motifs is 2. The molecular weight excluding hydrogens is 384 g/mol. The largest absolute Gasteiger partial charge is 0.426 e. The van der Waals surface area contributed by atoms with Gasteiger partial charge in [0.25, 0.3) is 0 Å². The summed E-state index contributed by atoms with van der Waals surface area (Å²) in [5.41, 5.74) is 4.15. The zero-order valence-corrected chi connectivity index (χ0v) is 16.4. The molecule has 0 spiro atoms. The lowest BCUT2D eigenvalue weighted by molar-refractivity contribution is 0.487. The number of thioether (sulfide) groups is 1. The molecule has 7 heteroatoms. The minimum Gasteiger partial charge on any atom is -0.426 e. The number of nitrogens with zero attached hydrogens (tertiary/aromatic N) is 3. The van der Waals surface area contributed by atoms with Gasteiger partial charge >= 0.3 is 5.63 Å². The molecule has 0 atom stereocenters. The summed E-state index contributed by atoms with van der Waals surface area (Å²) < 4.78 is 5.78. The molecular formula is C22H16N4O2S. The Balaban J connectivity index is 1.66. The molecule has 3 aromatic heterocycles. The number of imidazole rings is 1. The van der Waals surface area contributed by atoms with Crippen molar-refractivity contribution in [1.82, 2.24) is 19.9 Å². The summed E-state index contributed by atoms with van der Waals surface area (Å²) in [6.45, 7) is 2.05. The van der Waals surface area contributed by atoms with Gasteiger partial charge in [0.15, 0.2) is 5.65 Å². The monoisotopic (exact) mass is 400 g/mol. The van der Waals surface area contributed by atoms with Gasteiger partial charge in [-0.05, 0) is 18.6 Å². The number of hydrogen-bond donors (Lipinski definition) is 1. The Morgan fingerprint density at radius 1 is 1.03 bits per heavy atom. The van der Waals surface area contributed by atoms with Crippen LogP contribution in [0.3, 0.4) is 0 Å². The van der Waals surface area contributed by atoms with Crippen molar-refractivity contribution in [3.05, 3.63) is 82.9 Å². The van der Waals surface area contributed by atoms with E-state index in [1.54, 1.807) is 12.4 Å². The molecule has 142 valence electrons. The Morgan fingerprint density at radius 2 is 1.90 bits per heavy atom. The number of aromatic amines is 1. The van der Waals surface area contributed by atoms with Gasteiger partial charge in [0, 0.05) is 10.9 Å². The molecule has 2 aromatic carbocycles. The van der Waals surface area contributed by atoms with Crippen molar-refractivity contribution in [3.63, 3.8) is 0 Å². The van der Waals surface area contributed by atoms with Crippen LogP contribution in [0.5, 0.6) is 0 Å². The van der Waals surface area contributed by atoms with E-state index in [1.165, 1.54) is 18.1 Å². The minimum atomic E-state index is -0.333. The highest BCUT2D eigenvalue weighted by molar-refractivity contribution is 7.98. The number of benzene rings is 2. The average molecular weight is 400 g/mol. The maximum absolute atomic E-state index is 12.6. The first kappa shape index (κ1) is 17.6. The number of rotatable bonds is 4. The first-order valence-corrected chi connectivity index (χ1v) is 10.1. The smallest absolute Gasteiger partial charge is 0.343 e. The van der Waals surface area contributed by atoms with Crippen LogP contribution < -0.4 is 5.63 Å². The maximum Gasteiger partial charge on any atom is 0.343 e. The Labute approximate surface area is 170 Å². The molecule has 0 radical (unpaired) electrons. The minimum absolute atomic E-state index is 0.333. The number of aryl methyl sites for hydroxylation is 1. The zero-order valence-electron chi connectivity index (χ0n) is 15.5. The Morgan fingerprint density at radius 3 is 2.76 bits per heavy atom. The van der Waals surface area contributed by atoms with E-state index in [0.717, 1.165) is 27.1 Å². The van der Waals surface area contributed by atoms with Gasteiger partial charge in [-0.2, -0.15) is 0 Å². The van der Waals surface area contributed by atoms with Gasteiger partial charge in [0.1, 0.15) is 22.6 Å². The maximum atomic E-state index is 12.6. The highest BCUT2D eigenvalue weighted by Crippen LogP contribution is 2.35. The predicted molar refractivity (Wildman–Crippen MR) is 114 cm³/mol. The molecule has 0 saturated carbocycles. The predicted octanol–water partition coefficient (Wildman–Crippen LogP) is 4.73. The number of nitrogens with one attached hydrogen (secondary N) is 1. The number of H-pyrrole nitrogens is 1. The fourth-order valence-electron chi connectivity index (χ4n) is 3.45. The Hall–Kier alpha value is -3.45. The lowest BCUT2D eigenvalue weighted by Gasteiger charge is -2.12. The van der Waals surface area contributed by atoms with Crippen molar-refractivity contribution in [2.24, 2.45) is 0 Å². The topological polar surface area (TPSA) is 84.7 Å². The first-order chi connectivity index (χ1) is 14.2. The van der Waals surface area contributed by atoms with Crippen molar-refractivity contribution >= 4 is 33.7 Å². The summed E-state index contributed by atoms with van der Waals surface area (Å²) >= 11 is 1.47. The van der Waals surface area contributed by atoms with Crippen LogP contribution in [0.1, 0.15) is 11.3 Å². The van der Waals surface area contributed by atoms with Crippen molar-refractivity contribution in [3.8, 4) is 11.1 Å². The third kappa shape index (κ3) is 3.19. The van der Waals surface area contributed by atoms with Gasteiger partial charge in [-0.25, -0.2) is 19.7 Å². The molecule has 6 nitrogen and oxygen atoms in total. The molecule has 3 heterocycles. The van der Waals surface area contributed by atoms with E-state index in [4.69, 9.17) is 4.42 Å². The van der Waals surface area contributed by atoms with Gasteiger partial charge in [-0.1, -0.05) is 59.8 Å². The molecule has 0 fully saturated rings. The second-order valence-electron chi connectivity index (χ2n) is 6.67. The van der Waals surface area contributed by atoms with Crippen LogP contribution in [0.4, 0.5) is 0 Å². The molecule has 1 N–H and O–H groups in total. The third-order valence-electron chi connectivity index (χ3n) is 4.74. The summed E-state index contributed by atoms with van der Waals surface area (Å²) in [6, 6.07) is 15.8. The molecule has 0 saturated heterocycles. The van der Waals surface area contributed by atoms with Crippen LogP contribution in [0.15, 0.2) is 75.4 Å². The van der Waals surface area contributed by atoms with Crippen LogP contribution in [-0.4, -0.2) is 19.9 Å². The molecule has 0 unspecified atom stereocenters. The molecule has 0 aliphatic rings. The van der Waals surface area contributed by atoms with Gasteiger partial charge in [0.05, 0.1) is 17.5 Å². The van der Waals surface area contributed by atoms with E-state index in [9.17, 15) is 4.79 Å². The van der Waals surface area contributed by atoms with E-state index >= 15 is 0 Å². The molecule has 0 aliphatic carbocycles. The number of aromatic nitrogens is 4. The SMILES string of the molecule is Cc1cccc(-c2c(CSc3ncnc4[nH]cnc34)oc(=O)c3ccccc23)c1. The highest BCUT2D eigenvalue weighted by Gasteiger charge is 2.17. The summed E-state index contributed by atoms with van der Waals surface area (Å²) in [6.07, 6.45) is 3.10. The molecule has 5 aromatic rings. The summed E-state index contributed by atoms with van der Waals surface area (Å²) in [5.74, 6) is 1.06. The van der Waals surface area contributed by atoms with E-state index in [2.05, 4.69) is 39.0 Å². The van der Waals surface area contributed by atoms with Gasteiger partial charge < -0.3 is 9.40 Å². The van der Waals surface area contributed by atoms with Gasteiger partial charge in [-0.15, -0.1) is 0 Å². The van der Waals surface area contributed by atoms with E-state index in [0.29, 0.717) is 28.1 Å². The lowest BCUT2D eigenvalue weighted by atomic mass is 9.97. The molecule has 5 rings (SSSR count). The van der Waals surface area contributed by atoms with Crippen LogP contribution >= 0.6 is 11.8 Å². The molecule has 0 bridgehead atoms. The van der Waals surface area contributed by atoms with Crippen molar-refractivity contribution in [2.45, 2.75) is 17.7 Å². The van der Waals surface area contributed by atoms with E-state index < -0.39 is 0 Å². The van der Waals surface area contributed by atoms with Crippen molar-refractivity contribution in [2.75, 3.05) is 0 Å². The summed E-state index contributed by atoms with van der Waals surface area (Å²) in [5, 5.41) is 2.20. The van der Waals surface area contributed by atoms with Crippen LogP contribution in [0.25, 0.3) is 33.1 Å². The number of hydrogen-bond acceptors (Lipinski definition) is 6. The van der Waals surface area contributed by atoms with Crippen molar-refractivity contribution < 1.29 is 4.42 Å². The molecule has 29 heavy (non-hydrogen) atoms. The third-order valence-corrected chi connectivity index (χ3v) is 5.72. The summed E-state index contributed by atoms with van der Waals surface area (Å²) in [7, 11) is 0. The fourth-order valence-corrected chi connectivity index (χ4v) is 4.33. The Bertz CT molecular complexity index is 1410.